The van der Waals surface area contributed by atoms with Crippen LogP contribution in [-0.2, 0) is 0 Å². The lowest BCUT2D eigenvalue weighted by atomic mass is 10.1. The van der Waals surface area contributed by atoms with E-state index in [1.165, 1.54) is 25.9 Å². The van der Waals surface area contributed by atoms with Gasteiger partial charge in [0.2, 0.25) is 0 Å². The van der Waals surface area contributed by atoms with Crippen molar-refractivity contribution in [2.24, 2.45) is 5.73 Å². The van der Waals surface area contributed by atoms with E-state index in [-0.39, 0.29) is 0 Å². The van der Waals surface area contributed by atoms with Crippen molar-refractivity contribution in [2.45, 2.75) is 38.8 Å². The molecule has 1 fully saturated rings. The van der Waals surface area contributed by atoms with Crippen LogP contribution in [0.5, 0.6) is 0 Å². The second kappa shape index (κ2) is 6.21. The van der Waals surface area contributed by atoms with Gasteiger partial charge in [-0.15, -0.1) is 13.2 Å². The van der Waals surface area contributed by atoms with Crippen LogP contribution in [0.15, 0.2) is 13.2 Å². The number of rotatable bonds is 1. The van der Waals surface area contributed by atoms with Gasteiger partial charge < -0.3 is 10.6 Å². The molecule has 0 spiro atoms. The van der Waals surface area contributed by atoms with Gasteiger partial charge in [-0.2, -0.15) is 0 Å². The summed E-state index contributed by atoms with van der Waals surface area (Å²) in [6.45, 7) is 12.9. The van der Waals surface area contributed by atoms with Crippen molar-refractivity contribution in [3.05, 3.63) is 13.2 Å². The van der Waals surface area contributed by atoms with Gasteiger partial charge in [-0.25, -0.2) is 0 Å². The van der Waals surface area contributed by atoms with Crippen molar-refractivity contribution in [1.82, 2.24) is 4.90 Å². The smallest absolute Gasteiger partial charge is 0.00631 e. The van der Waals surface area contributed by atoms with Gasteiger partial charge in [0.1, 0.15) is 0 Å². The molecule has 0 atom stereocenters. The van der Waals surface area contributed by atoms with E-state index < -0.39 is 0 Å². The van der Waals surface area contributed by atoms with Crippen LogP contribution in [0.1, 0.15) is 26.7 Å². The molecule has 1 aliphatic rings. The summed E-state index contributed by atoms with van der Waals surface area (Å²) >= 11 is 0. The molecule has 1 saturated heterocycles. The van der Waals surface area contributed by atoms with Gasteiger partial charge in [0.05, 0.1) is 0 Å². The van der Waals surface area contributed by atoms with Crippen molar-refractivity contribution in [3.8, 4) is 0 Å². The third-order valence-corrected chi connectivity index (χ3v) is 2.30. The van der Waals surface area contributed by atoms with Crippen LogP contribution in [0.3, 0.4) is 0 Å². The van der Waals surface area contributed by atoms with Gasteiger partial charge in [-0.1, -0.05) is 0 Å². The summed E-state index contributed by atoms with van der Waals surface area (Å²) in [5.74, 6) is 0. The maximum absolute atomic E-state index is 5.77. The van der Waals surface area contributed by atoms with Gasteiger partial charge in [-0.3, -0.25) is 0 Å². The topological polar surface area (TPSA) is 29.3 Å². The molecule has 0 aromatic heterocycles. The Bertz CT molecular complexity index is 104. The van der Waals surface area contributed by atoms with E-state index in [2.05, 4.69) is 31.9 Å². The van der Waals surface area contributed by atoms with E-state index in [0.717, 1.165) is 0 Å². The van der Waals surface area contributed by atoms with Crippen LogP contribution in [-0.4, -0.2) is 30.1 Å². The second-order valence-corrected chi connectivity index (χ2v) is 3.47. The minimum Gasteiger partial charge on any atom is -0.328 e. The average molecular weight is 170 g/mol. The van der Waals surface area contributed by atoms with Gasteiger partial charge in [-0.05, 0) is 39.8 Å². The number of hydrogen-bond donors (Lipinski definition) is 1. The Balaban J connectivity index is 0.000000561. The first kappa shape index (κ1) is 11.7. The Morgan fingerprint density at radius 2 is 1.67 bits per heavy atom. The van der Waals surface area contributed by atoms with Crippen LogP contribution in [0.25, 0.3) is 0 Å². The first-order chi connectivity index (χ1) is 5.70. The fourth-order valence-electron chi connectivity index (χ4n) is 1.44. The molecule has 0 unspecified atom stereocenters. The maximum atomic E-state index is 5.77. The Labute approximate surface area is 76.4 Å². The Morgan fingerprint density at radius 3 is 2.00 bits per heavy atom. The van der Waals surface area contributed by atoms with Gasteiger partial charge in [0.15, 0.2) is 0 Å². The fourth-order valence-corrected chi connectivity index (χ4v) is 1.44. The van der Waals surface area contributed by atoms with Crippen molar-refractivity contribution >= 4 is 0 Å². The maximum Gasteiger partial charge on any atom is 0.00631 e. The third kappa shape index (κ3) is 3.88. The molecule has 2 N–H and O–H groups in total. The lowest BCUT2D eigenvalue weighted by Gasteiger charge is -2.32. The number of likely N-dealkylation sites (tertiary alicyclic amines) is 1. The highest BCUT2D eigenvalue weighted by atomic mass is 15.2. The zero-order valence-electron chi connectivity index (χ0n) is 8.42. The quantitative estimate of drug-likeness (QED) is 0.606. The van der Waals surface area contributed by atoms with Crippen molar-refractivity contribution in [2.75, 3.05) is 13.1 Å². The fraction of sp³-hybridized carbons (Fsp3) is 0.800. The van der Waals surface area contributed by atoms with E-state index in [1.54, 1.807) is 0 Å². The van der Waals surface area contributed by atoms with Crippen molar-refractivity contribution in [1.29, 1.82) is 0 Å². The molecule has 72 valence electrons. The summed E-state index contributed by atoms with van der Waals surface area (Å²) in [5, 5.41) is 0. The molecule has 1 aliphatic heterocycles. The molecule has 12 heavy (non-hydrogen) atoms. The summed E-state index contributed by atoms with van der Waals surface area (Å²) in [7, 11) is 0. The van der Waals surface area contributed by atoms with E-state index in [4.69, 9.17) is 5.73 Å². The summed E-state index contributed by atoms with van der Waals surface area (Å²) < 4.78 is 0. The van der Waals surface area contributed by atoms with E-state index in [1.807, 2.05) is 0 Å². The normalized spacial score (nSPS) is 20.3. The Hall–Kier alpha value is -0.340. The molecule has 0 aliphatic carbocycles. The first-order valence-corrected chi connectivity index (χ1v) is 4.70. The predicted molar refractivity (Wildman–Crippen MR) is 55.2 cm³/mol. The highest BCUT2D eigenvalue weighted by molar-refractivity contribution is 4.75. The van der Waals surface area contributed by atoms with Crippen LogP contribution < -0.4 is 5.73 Å². The molecule has 0 bridgehead atoms. The Kier molecular flexibility index (Phi) is 6.03. The second-order valence-electron chi connectivity index (χ2n) is 3.47. The minimum absolute atomic E-state index is 0.468. The SMILES string of the molecule is C=C.CC(C)N1CCC(N)CC1. The number of nitrogens with zero attached hydrogens (tertiary/aromatic N) is 1. The lowest BCUT2D eigenvalue weighted by Crippen LogP contribution is -2.42. The molecule has 0 saturated carbocycles. The molecular formula is C10H22N2. The van der Waals surface area contributed by atoms with E-state index in [0.29, 0.717) is 12.1 Å². The molecule has 0 aromatic rings. The van der Waals surface area contributed by atoms with Gasteiger partial charge in [0, 0.05) is 12.1 Å². The van der Waals surface area contributed by atoms with Crippen molar-refractivity contribution in [3.63, 3.8) is 0 Å². The minimum atomic E-state index is 0.468. The molecule has 0 radical (unpaired) electrons. The zero-order valence-corrected chi connectivity index (χ0v) is 8.42. The zero-order chi connectivity index (χ0) is 9.56. The molecule has 0 amide bonds. The average Bonchev–Trinajstić information content (AvgIpc) is 2.09. The van der Waals surface area contributed by atoms with Gasteiger partial charge in [0.25, 0.3) is 0 Å². The van der Waals surface area contributed by atoms with Gasteiger partial charge >= 0.3 is 0 Å². The third-order valence-electron chi connectivity index (χ3n) is 2.30. The standard InChI is InChI=1S/C8H18N2.C2H4/c1-7(2)10-5-3-8(9)4-6-10;1-2/h7-8H,3-6,9H2,1-2H3;1-2H2. The van der Waals surface area contributed by atoms with Crippen molar-refractivity contribution < 1.29 is 0 Å². The number of piperidine rings is 1. The van der Waals surface area contributed by atoms with Crippen LogP contribution in [0.2, 0.25) is 0 Å². The summed E-state index contributed by atoms with van der Waals surface area (Å²) in [5.41, 5.74) is 5.77. The Morgan fingerprint density at radius 1 is 1.25 bits per heavy atom. The molecule has 1 rings (SSSR count). The molecule has 0 aromatic carbocycles. The summed E-state index contributed by atoms with van der Waals surface area (Å²) in [4.78, 5) is 2.49. The summed E-state index contributed by atoms with van der Waals surface area (Å²) in [6.07, 6.45) is 2.36. The van der Waals surface area contributed by atoms with E-state index >= 15 is 0 Å². The van der Waals surface area contributed by atoms with E-state index in [9.17, 15) is 0 Å². The summed E-state index contributed by atoms with van der Waals surface area (Å²) in [6, 6.07) is 1.17. The highest BCUT2D eigenvalue weighted by Crippen LogP contribution is 2.10. The molecule has 2 heteroatoms. The number of nitrogens with two attached hydrogens (primary N) is 1. The van der Waals surface area contributed by atoms with Crippen LogP contribution in [0.4, 0.5) is 0 Å². The first-order valence-electron chi connectivity index (χ1n) is 4.70. The largest absolute Gasteiger partial charge is 0.328 e. The molecular weight excluding hydrogens is 148 g/mol. The highest BCUT2D eigenvalue weighted by Gasteiger charge is 2.17. The molecule has 2 nitrogen and oxygen atoms in total. The molecule has 1 heterocycles. The monoisotopic (exact) mass is 170 g/mol. The van der Waals surface area contributed by atoms with Crippen LogP contribution >= 0.6 is 0 Å². The lowest BCUT2D eigenvalue weighted by molar-refractivity contribution is 0.173. The predicted octanol–water partition coefficient (Wildman–Crippen LogP) is 1.62. The number of hydrogen-bond acceptors (Lipinski definition) is 2. The van der Waals surface area contributed by atoms with Crippen LogP contribution in [0, 0.1) is 0 Å².